The highest BCUT2D eigenvalue weighted by molar-refractivity contribution is 5.33. The van der Waals surface area contributed by atoms with E-state index in [1.807, 2.05) is 6.20 Å². The lowest BCUT2D eigenvalue weighted by Gasteiger charge is -2.32. The number of ether oxygens (including phenoxy) is 1. The number of nitrogens with zero attached hydrogens (tertiary/aromatic N) is 3. The van der Waals surface area contributed by atoms with Crippen LogP contribution in [-0.4, -0.2) is 42.3 Å². The summed E-state index contributed by atoms with van der Waals surface area (Å²) in [7, 11) is 0. The normalized spacial score (nSPS) is 19.4. The number of hydrogen-bond acceptors (Lipinski definition) is 5. The zero-order valence-electron chi connectivity index (χ0n) is 12.9. The van der Waals surface area contributed by atoms with E-state index in [0.717, 1.165) is 57.3 Å². The van der Waals surface area contributed by atoms with E-state index in [1.54, 1.807) is 0 Å². The number of nitrogens with one attached hydrogen (secondary N) is 1. The molecule has 0 aromatic carbocycles. The summed E-state index contributed by atoms with van der Waals surface area (Å²) in [6, 6.07) is 0. The van der Waals surface area contributed by atoms with Gasteiger partial charge in [0.25, 0.3) is 0 Å². The molecule has 0 amide bonds. The number of aryl methyl sites for hydroxylation is 1. The van der Waals surface area contributed by atoms with Gasteiger partial charge in [-0.05, 0) is 26.3 Å². The third kappa shape index (κ3) is 3.90. The van der Waals surface area contributed by atoms with Crippen LogP contribution in [0.25, 0.3) is 0 Å². The first-order chi connectivity index (χ1) is 9.74. The second kappa shape index (κ2) is 7.55. The summed E-state index contributed by atoms with van der Waals surface area (Å²) in [5, 5.41) is 3.39. The molecule has 1 atom stereocenters. The molecule has 5 nitrogen and oxygen atoms in total. The van der Waals surface area contributed by atoms with Crippen molar-refractivity contribution in [2.75, 3.05) is 31.1 Å². The predicted octanol–water partition coefficient (Wildman–Crippen LogP) is 1.90. The third-order valence-electron chi connectivity index (χ3n) is 3.69. The SMILES string of the molecule is CCCNCc1cnc(N2CCOC(CC)C2)nc1C. The summed E-state index contributed by atoms with van der Waals surface area (Å²) in [6.45, 7) is 10.8. The van der Waals surface area contributed by atoms with Crippen LogP contribution in [0.15, 0.2) is 6.20 Å². The average molecular weight is 278 g/mol. The Kier molecular flexibility index (Phi) is 5.73. The van der Waals surface area contributed by atoms with Gasteiger partial charge in [0.1, 0.15) is 0 Å². The fraction of sp³-hybridized carbons (Fsp3) is 0.733. The maximum Gasteiger partial charge on any atom is 0.225 e. The molecule has 1 aliphatic heterocycles. The van der Waals surface area contributed by atoms with Gasteiger partial charge in [0.2, 0.25) is 5.95 Å². The van der Waals surface area contributed by atoms with Gasteiger partial charge in [-0.3, -0.25) is 0 Å². The summed E-state index contributed by atoms with van der Waals surface area (Å²) in [5.41, 5.74) is 2.25. The molecule has 2 rings (SSSR count). The first kappa shape index (κ1) is 15.2. The first-order valence-corrected chi connectivity index (χ1v) is 7.64. The molecule has 1 unspecified atom stereocenters. The Labute approximate surface area is 121 Å². The summed E-state index contributed by atoms with van der Waals surface area (Å²) >= 11 is 0. The molecule has 1 aromatic heterocycles. The molecule has 1 aromatic rings. The maximum atomic E-state index is 5.69. The lowest BCUT2D eigenvalue weighted by atomic mass is 10.2. The minimum absolute atomic E-state index is 0.304. The molecule has 1 aliphatic rings. The van der Waals surface area contributed by atoms with Gasteiger partial charge < -0.3 is 15.0 Å². The van der Waals surface area contributed by atoms with E-state index in [4.69, 9.17) is 4.74 Å². The molecule has 0 saturated carbocycles. The summed E-state index contributed by atoms with van der Waals surface area (Å²) in [6.07, 6.45) is 4.44. The highest BCUT2D eigenvalue weighted by Gasteiger charge is 2.21. The lowest BCUT2D eigenvalue weighted by Crippen LogP contribution is -2.43. The summed E-state index contributed by atoms with van der Waals surface area (Å²) in [4.78, 5) is 11.4. The van der Waals surface area contributed by atoms with Gasteiger partial charge in [0, 0.05) is 37.1 Å². The van der Waals surface area contributed by atoms with Crippen molar-refractivity contribution in [2.24, 2.45) is 0 Å². The van der Waals surface area contributed by atoms with Crippen LogP contribution in [0.2, 0.25) is 0 Å². The highest BCUT2D eigenvalue weighted by atomic mass is 16.5. The molecule has 20 heavy (non-hydrogen) atoms. The average Bonchev–Trinajstić information content (AvgIpc) is 2.49. The van der Waals surface area contributed by atoms with E-state index >= 15 is 0 Å². The standard InChI is InChI=1S/C15H26N4O/c1-4-6-16-9-13-10-17-15(18-12(13)3)19-7-8-20-14(5-2)11-19/h10,14,16H,4-9,11H2,1-3H3. The zero-order valence-corrected chi connectivity index (χ0v) is 12.9. The van der Waals surface area contributed by atoms with E-state index < -0.39 is 0 Å². The van der Waals surface area contributed by atoms with Gasteiger partial charge in [-0.2, -0.15) is 0 Å². The van der Waals surface area contributed by atoms with Crippen LogP contribution in [0.5, 0.6) is 0 Å². The third-order valence-corrected chi connectivity index (χ3v) is 3.69. The molecule has 1 fully saturated rings. The highest BCUT2D eigenvalue weighted by Crippen LogP contribution is 2.16. The number of rotatable bonds is 6. The van der Waals surface area contributed by atoms with Crippen molar-refractivity contribution in [1.82, 2.24) is 15.3 Å². The van der Waals surface area contributed by atoms with Crippen molar-refractivity contribution < 1.29 is 4.74 Å². The van der Waals surface area contributed by atoms with E-state index in [2.05, 4.69) is 41.0 Å². The maximum absolute atomic E-state index is 5.69. The van der Waals surface area contributed by atoms with Crippen LogP contribution >= 0.6 is 0 Å². The van der Waals surface area contributed by atoms with Crippen LogP contribution < -0.4 is 10.2 Å². The van der Waals surface area contributed by atoms with Crippen molar-refractivity contribution in [2.45, 2.75) is 46.3 Å². The second-order valence-corrected chi connectivity index (χ2v) is 5.30. The Bertz CT molecular complexity index is 424. The molecule has 1 saturated heterocycles. The molecule has 1 N–H and O–H groups in total. The number of aromatic nitrogens is 2. The van der Waals surface area contributed by atoms with Gasteiger partial charge >= 0.3 is 0 Å². The van der Waals surface area contributed by atoms with Gasteiger partial charge in [-0.15, -0.1) is 0 Å². The van der Waals surface area contributed by atoms with E-state index in [9.17, 15) is 0 Å². The topological polar surface area (TPSA) is 50.3 Å². The Morgan fingerprint density at radius 3 is 3.00 bits per heavy atom. The van der Waals surface area contributed by atoms with Crippen molar-refractivity contribution in [1.29, 1.82) is 0 Å². The van der Waals surface area contributed by atoms with Crippen LogP contribution in [0.3, 0.4) is 0 Å². The molecule has 2 heterocycles. The minimum Gasteiger partial charge on any atom is -0.375 e. The molecule has 0 spiro atoms. The largest absolute Gasteiger partial charge is 0.375 e. The molecule has 0 bridgehead atoms. The quantitative estimate of drug-likeness (QED) is 0.805. The number of hydrogen-bond donors (Lipinski definition) is 1. The Morgan fingerprint density at radius 1 is 1.45 bits per heavy atom. The Morgan fingerprint density at radius 2 is 2.30 bits per heavy atom. The van der Waals surface area contributed by atoms with E-state index in [-0.39, 0.29) is 0 Å². The molecule has 5 heteroatoms. The second-order valence-electron chi connectivity index (χ2n) is 5.30. The predicted molar refractivity (Wildman–Crippen MR) is 81.0 cm³/mol. The molecular formula is C15H26N4O. The molecular weight excluding hydrogens is 252 g/mol. The Hall–Kier alpha value is -1.20. The van der Waals surface area contributed by atoms with Gasteiger partial charge in [-0.1, -0.05) is 13.8 Å². The van der Waals surface area contributed by atoms with E-state index in [0.29, 0.717) is 6.10 Å². The minimum atomic E-state index is 0.304. The molecule has 112 valence electrons. The van der Waals surface area contributed by atoms with Crippen molar-refractivity contribution in [3.8, 4) is 0 Å². The summed E-state index contributed by atoms with van der Waals surface area (Å²) < 4.78 is 5.69. The number of morpholine rings is 1. The van der Waals surface area contributed by atoms with Crippen LogP contribution in [0.1, 0.15) is 37.9 Å². The van der Waals surface area contributed by atoms with Crippen LogP contribution in [0.4, 0.5) is 5.95 Å². The van der Waals surface area contributed by atoms with Crippen LogP contribution in [-0.2, 0) is 11.3 Å². The Balaban J connectivity index is 2.00. The van der Waals surface area contributed by atoms with Gasteiger partial charge in [0.05, 0.1) is 12.7 Å². The molecule has 0 aliphatic carbocycles. The number of anilines is 1. The van der Waals surface area contributed by atoms with Crippen LogP contribution in [0, 0.1) is 6.92 Å². The lowest BCUT2D eigenvalue weighted by molar-refractivity contribution is 0.0378. The molecule has 0 radical (unpaired) electrons. The summed E-state index contributed by atoms with van der Waals surface area (Å²) in [5.74, 6) is 0.837. The van der Waals surface area contributed by atoms with Crippen molar-refractivity contribution in [3.05, 3.63) is 17.5 Å². The van der Waals surface area contributed by atoms with Crippen molar-refractivity contribution in [3.63, 3.8) is 0 Å². The van der Waals surface area contributed by atoms with Gasteiger partial charge in [-0.25, -0.2) is 9.97 Å². The van der Waals surface area contributed by atoms with E-state index in [1.165, 1.54) is 5.56 Å². The monoisotopic (exact) mass is 278 g/mol. The van der Waals surface area contributed by atoms with Gasteiger partial charge in [0.15, 0.2) is 0 Å². The smallest absolute Gasteiger partial charge is 0.225 e. The zero-order chi connectivity index (χ0) is 14.4. The fourth-order valence-corrected chi connectivity index (χ4v) is 2.35. The van der Waals surface area contributed by atoms with Crippen molar-refractivity contribution >= 4 is 5.95 Å². The first-order valence-electron chi connectivity index (χ1n) is 7.64. The fourth-order valence-electron chi connectivity index (χ4n) is 2.35.